The molecule has 0 aliphatic carbocycles. The molecule has 4 heteroatoms. The summed E-state index contributed by atoms with van der Waals surface area (Å²) < 4.78 is 18.5. The highest BCUT2D eigenvalue weighted by Gasteiger charge is 2.34. The highest BCUT2D eigenvalue weighted by molar-refractivity contribution is 6.00. The summed E-state index contributed by atoms with van der Waals surface area (Å²) in [6.45, 7) is 1.20. The second-order valence-corrected chi connectivity index (χ2v) is 3.78. The smallest absolute Gasteiger partial charge is 0.190 e. The number of ketones is 1. The van der Waals surface area contributed by atoms with Gasteiger partial charge in [0.25, 0.3) is 0 Å². The standard InChI is InChI=1S/C12H11FO3/c1-12(15)10(6-8(14)7-16-12)9-4-2-3-5-11(9)13/h2-6,15H,7H2,1H3. The first-order valence-corrected chi connectivity index (χ1v) is 4.87. The Morgan fingerprint density at radius 3 is 2.81 bits per heavy atom. The fourth-order valence-corrected chi connectivity index (χ4v) is 1.63. The predicted octanol–water partition coefficient (Wildman–Crippen LogP) is 1.52. The molecule has 1 aromatic rings. The van der Waals surface area contributed by atoms with Gasteiger partial charge in [-0.15, -0.1) is 0 Å². The maximum absolute atomic E-state index is 13.5. The monoisotopic (exact) mass is 222 g/mol. The zero-order valence-corrected chi connectivity index (χ0v) is 8.74. The molecule has 2 rings (SSSR count). The molecule has 0 saturated carbocycles. The molecule has 0 spiro atoms. The summed E-state index contributed by atoms with van der Waals surface area (Å²) in [6, 6.07) is 5.94. The SMILES string of the molecule is CC1(O)OCC(=O)C=C1c1ccccc1F. The second-order valence-electron chi connectivity index (χ2n) is 3.78. The molecule has 1 heterocycles. The van der Waals surface area contributed by atoms with Gasteiger partial charge in [-0.1, -0.05) is 18.2 Å². The molecule has 1 unspecified atom stereocenters. The van der Waals surface area contributed by atoms with E-state index in [-0.39, 0.29) is 23.5 Å². The number of ether oxygens (including phenoxy) is 1. The van der Waals surface area contributed by atoms with E-state index < -0.39 is 11.6 Å². The van der Waals surface area contributed by atoms with E-state index in [1.165, 1.54) is 25.1 Å². The molecular formula is C12H11FO3. The summed E-state index contributed by atoms with van der Waals surface area (Å²) in [6.07, 6.45) is 1.22. The Morgan fingerprint density at radius 2 is 2.12 bits per heavy atom. The molecule has 16 heavy (non-hydrogen) atoms. The van der Waals surface area contributed by atoms with Gasteiger partial charge >= 0.3 is 0 Å². The number of carbonyl (C=O) groups is 1. The highest BCUT2D eigenvalue weighted by Crippen LogP contribution is 2.32. The van der Waals surface area contributed by atoms with Gasteiger partial charge in [0.1, 0.15) is 12.4 Å². The van der Waals surface area contributed by atoms with Gasteiger partial charge in [-0.3, -0.25) is 4.79 Å². The minimum atomic E-state index is -1.63. The number of rotatable bonds is 1. The summed E-state index contributed by atoms with van der Waals surface area (Å²) in [5.74, 6) is -2.41. The van der Waals surface area contributed by atoms with Crippen LogP contribution in [0.1, 0.15) is 12.5 Å². The number of hydrogen-bond acceptors (Lipinski definition) is 3. The molecule has 3 nitrogen and oxygen atoms in total. The van der Waals surface area contributed by atoms with Crippen LogP contribution in [0.3, 0.4) is 0 Å². The first kappa shape index (κ1) is 11.0. The lowest BCUT2D eigenvalue weighted by Crippen LogP contribution is -2.36. The van der Waals surface area contributed by atoms with Crippen molar-refractivity contribution < 1.29 is 19.0 Å². The third-order valence-electron chi connectivity index (χ3n) is 2.46. The van der Waals surface area contributed by atoms with E-state index >= 15 is 0 Å². The van der Waals surface area contributed by atoms with Crippen LogP contribution in [0.5, 0.6) is 0 Å². The van der Waals surface area contributed by atoms with Gasteiger partial charge in [0.2, 0.25) is 0 Å². The van der Waals surface area contributed by atoms with Gasteiger partial charge < -0.3 is 9.84 Å². The lowest BCUT2D eigenvalue weighted by atomic mass is 9.95. The molecule has 84 valence electrons. The predicted molar refractivity (Wildman–Crippen MR) is 56.0 cm³/mol. The van der Waals surface area contributed by atoms with Gasteiger partial charge in [0.05, 0.1) is 0 Å². The number of hydrogen-bond donors (Lipinski definition) is 1. The zero-order valence-electron chi connectivity index (χ0n) is 8.74. The van der Waals surface area contributed by atoms with Crippen molar-refractivity contribution >= 4 is 11.4 Å². The molecule has 1 aromatic carbocycles. The molecule has 0 aromatic heterocycles. The lowest BCUT2D eigenvalue weighted by Gasteiger charge is -2.30. The van der Waals surface area contributed by atoms with Crippen LogP contribution in [0.15, 0.2) is 30.3 Å². The van der Waals surface area contributed by atoms with E-state index in [9.17, 15) is 14.3 Å². The molecule has 1 aliphatic rings. The van der Waals surface area contributed by atoms with Crippen LogP contribution in [0.25, 0.3) is 5.57 Å². The molecule has 1 aliphatic heterocycles. The summed E-state index contributed by atoms with van der Waals surface area (Å²) in [7, 11) is 0. The van der Waals surface area contributed by atoms with Crippen molar-refractivity contribution in [2.75, 3.05) is 6.61 Å². The quantitative estimate of drug-likeness (QED) is 0.783. The average molecular weight is 222 g/mol. The van der Waals surface area contributed by atoms with Crippen molar-refractivity contribution in [1.82, 2.24) is 0 Å². The van der Waals surface area contributed by atoms with Crippen LogP contribution in [-0.4, -0.2) is 23.3 Å². The fourth-order valence-electron chi connectivity index (χ4n) is 1.63. The fraction of sp³-hybridized carbons (Fsp3) is 0.250. The molecule has 0 fully saturated rings. The Labute approximate surface area is 92.2 Å². The first-order valence-electron chi connectivity index (χ1n) is 4.87. The Hall–Kier alpha value is -1.52. The zero-order chi connectivity index (χ0) is 11.8. The summed E-state index contributed by atoms with van der Waals surface area (Å²) in [5.41, 5.74) is 0.336. The molecule has 1 N–H and O–H groups in total. The van der Waals surface area contributed by atoms with Crippen molar-refractivity contribution in [2.45, 2.75) is 12.7 Å². The second kappa shape index (κ2) is 3.81. The van der Waals surface area contributed by atoms with Crippen molar-refractivity contribution in [3.8, 4) is 0 Å². The van der Waals surface area contributed by atoms with Crippen molar-refractivity contribution in [3.05, 3.63) is 41.7 Å². The van der Waals surface area contributed by atoms with Gasteiger partial charge in [-0.25, -0.2) is 4.39 Å². The molecular weight excluding hydrogens is 211 g/mol. The number of benzene rings is 1. The van der Waals surface area contributed by atoms with E-state index in [1.54, 1.807) is 12.1 Å². The van der Waals surface area contributed by atoms with Crippen LogP contribution in [0, 0.1) is 5.82 Å². The Balaban J connectivity index is 2.54. The van der Waals surface area contributed by atoms with Crippen molar-refractivity contribution in [3.63, 3.8) is 0 Å². The largest absolute Gasteiger partial charge is 0.362 e. The van der Waals surface area contributed by atoms with E-state index in [4.69, 9.17) is 4.74 Å². The molecule has 0 saturated heterocycles. The van der Waals surface area contributed by atoms with Gasteiger partial charge in [-0.2, -0.15) is 0 Å². The minimum absolute atomic E-state index is 0.154. The average Bonchev–Trinajstić information content (AvgIpc) is 2.23. The molecule has 0 radical (unpaired) electrons. The number of aliphatic hydroxyl groups is 1. The number of carbonyl (C=O) groups excluding carboxylic acids is 1. The highest BCUT2D eigenvalue weighted by atomic mass is 19.1. The molecule has 0 bridgehead atoms. The first-order chi connectivity index (χ1) is 7.50. The van der Waals surface area contributed by atoms with Crippen LogP contribution < -0.4 is 0 Å². The van der Waals surface area contributed by atoms with Crippen LogP contribution in [0.2, 0.25) is 0 Å². The van der Waals surface area contributed by atoms with Crippen molar-refractivity contribution in [2.24, 2.45) is 0 Å². The maximum Gasteiger partial charge on any atom is 0.190 e. The normalized spacial score (nSPS) is 25.4. The van der Waals surface area contributed by atoms with Crippen LogP contribution in [0.4, 0.5) is 4.39 Å². The Kier molecular flexibility index (Phi) is 2.61. The van der Waals surface area contributed by atoms with E-state index in [2.05, 4.69) is 0 Å². The lowest BCUT2D eigenvalue weighted by molar-refractivity contribution is -0.160. The topological polar surface area (TPSA) is 46.5 Å². The Bertz CT molecular complexity index is 463. The molecule has 0 amide bonds. The van der Waals surface area contributed by atoms with Crippen LogP contribution in [-0.2, 0) is 9.53 Å². The Morgan fingerprint density at radius 1 is 1.44 bits per heavy atom. The van der Waals surface area contributed by atoms with E-state index in [0.29, 0.717) is 0 Å². The summed E-state index contributed by atoms with van der Waals surface area (Å²) >= 11 is 0. The minimum Gasteiger partial charge on any atom is -0.362 e. The summed E-state index contributed by atoms with van der Waals surface area (Å²) in [4.78, 5) is 11.2. The maximum atomic E-state index is 13.5. The summed E-state index contributed by atoms with van der Waals surface area (Å²) in [5, 5.41) is 9.92. The van der Waals surface area contributed by atoms with Crippen LogP contribution >= 0.6 is 0 Å². The number of halogens is 1. The van der Waals surface area contributed by atoms with Crippen molar-refractivity contribution in [1.29, 1.82) is 0 Å². The third kappa shape index (κ3) is 1.89. The van der Waals surface area contributed by atoms with Gasteiger partial charge in [0, 0.05) is 11.1 Å². The molecule has 1 atom stereocenters. The van der Waals surface area contributed by atoms with Gasteiger partial charge in [0.15, 0.2) is 11.6 Å². The van der Waals surface area contributed by atoms with E-state index in [0.717, 1.165) is 0 Å². The van der Waals surface area contributed by atoms with Gasteiger partial charge in [-0.05, 0) is 19.1 Å². The van der Waals surface area contributed by atoms with E-state index in [1.807, 2.05) is 0 Å². The third-order valence-corrected chi connectivity index (χ3v) is 2.46.